The number of rotatable bonds is 18. The molecule has 0 bridgehead atoms. The zero-order valence-corrected chi connectivity index (χ0v) is 44.0. The van der Waals surface area contributed by atoms with Crippen molar-refractivity contribution in [2.45, 2.75) is 87.2 Å². The minimum Gasteiger partial charge on any atom is -0.368 e. The molecule has 0 N–H and O–H groups in total. The standard InChI is InChI=1S/C64H60O11P2/c1-9-25-45(26-10-1)41-65-57-55-53(43-67-61(71-55)47-29-13-3-14-30-47)69-63(59(57)74-76(49-33-17-5-18-34-49)50-35-19-6-20-36-50)73-64-60(75-77(51-37-21-7-22-38-51)52-39-23-8-24-40-52)58(66-42-46-27-11-2-12-28-46)56-54(70-64)44-68-62(72-56)48-31-15-4-16-32-48/h1-40,53-64H,41-44H2/t53-,54-,55-,56-,57+,58+,59-,60-,61-,62-,63-,64-/m1/s1. The molecule has 77 heavy (non-hydrogen) atoms. The van der Waals surface area contributed by atoms with E-state index in [1.54, 1.807) is 0 Å². The maximum absolute atomic E-state index is 7.66. The fourth-order valence-corrected chi connectivity index (χ4v) is 14.0. The normalized spacial score (nSPS) is 27.1. The summed E-state index contributed by atoms with van der Waals surface area (Å²) in [6, 6.07) is 81.2. The second-order valence-electron chi connectivity index (χ2n) is 19.2. The Morgan fingerprint density at radius 2 is 0.636 bits per heavy atom. The quantitative estimate of drug-likeness (QED) is 0.0768. The zero-order chi connectivity index (χ0) is 51.6. The van der Waals surface area contributed by atoms with Crippen LogP contribution in [0.1, 0.15) is 34.8 Å². The molecular formula is C64H60O11P2. The summed E-state index contributed by atoms with van der Waals surface area (Å²) in [5.74, 6) is 0. The van der Waals surface area contributed by atoms with Crippen LogP contribution in [0.25, 0.3) is 0 Å². The van der Waals surface area contributed by atoms with E-state index in [-0.39, 0.29) is 26.4 Å². The van der Waals surface area contributed by atoms with Gasteiger partial charge in [0.25, 0.3) is 0 Å². The van der Waals surface area contributed by atoms with Crippen LogP contribution in [0.4, 0.5) is 0 Å². The lowest BCUT2D eigenvalue weighted by Gasteiger charge is -2.52. The van der Waals surface area contributed by atoms with Gasteiger partial charge in [0.2, 0.25) is 0 Å². The molecule has 12 rings (SSSR count). The lowest BCUT2D eigenvalue weighted by molar-refractivity contribution is -0.411. The summed E-state index contributed by atoms with van der Waals surface area (Å²) in [6.45, 7) is 0.888. The van der Waals surface area contributed by atoms with E-state index in [1.807, 2.05) is 170 Å². The van der Waals surface area contributed by atoms with Crippen LogP contribution in [0.15, 0.2) is 243 Å². The first-order valence-electron chi connectivity index (χ1n) is 26.2. The van der Waals surface area contributed by atoms with E-state index >= 15 is 0 Å². The topological polar surface area (TPSA) is 102 Å². The van der Waals surface area contributed by atoms with Crippen molar-refractivity contribution in [3.8, 4) is 0 Å². The highest BCUT2D eigenvalue weighted by Gasteiger charge is 2.57. The van der Waals surface area contributed by atoms with Gasteiger partial charge in [-0.2, -0.15) is 0 Å². The number of hydrogen-bond acceptors (Lipinski definition) is 11. The van der Waals surface area contributed by atoms with Crippen LogP contribution in [0.5, 0.6) is 0 Å². The SMILES string of the molecule is c1ccc(CO[C@@H]2[C@@H](OP(c3ccccc3)c3ccccc3)[C@@H](O[C@H]3O[C@@H]4CO[C@@H](c5ccccc5)O[C@H]4[C@H](OCc4ccccc4)[C@H]3OP(c3ccccc3)c3ccccc3)O[C@@H]3CO[C@@H](c4ccccc4)O[C@@H]23)cc1. The molecule has 0 aromatic heterocycles. The highest BCUT2D eigenvalue weighted by molar-refractivity contribution is 7.68. The summed E-state index contributed by atoms with van der Waals surface area (Å²) in [4.78, 5) is 0. The van der Waals surface area contributed by atoms with Gasteiger partial charge in [0, 0.05) is 32.3 Å². The summed E-state index contributed by atoms with van der Waals surface area (Å²) >= 11 is 0. The molecule has 0 spiro atoms. The van der Waals surface area contributed by atoms with Gasteiger partial charge in [-0.1, -0.05) is 243 Å². The molecule has 11 nitrogen and oxygen atoms in total. The molecule has 0 radical (unpaired) electrons. The molecule has 0 unspecified atom stereocenters. The Labute approximate surface area is 452 Å². The minimum atomic E-state index is -1.52. The summed E-state index contributed by atoms with van der Waals surface area (Å²) in [7, 11) is -3.04. The van der Waals surface area contributed by atoms with Crippen molar-refractivity contribution in [3.63, 3.8) is 0 Å². The molecule has 4 heterocycles. The first kappa shape index (κ1) is 51.9. The van der Waals surface area contributed by atoms with Gasteiger partial charge < -0.3 is 51.7 Å². The molecule has 8 aromatic carbocycles. The predicted octanol–water partition coefficient (Wildman–Crippen LogP) is 10.7. The highest BCUT2D eigenvalue weighted by atomic mass is 31.1. The third-order valence-corrected chi connectivity index (χ3v) is 17.9. The van der Waals surface area contributed by atoms with Crippen LogP contribution in [0.3, 0.4) is 0 Å². The molecule has 4 fully saturated rings. The lowest BCUT2D eigenvalue weighted by atomic mass is 9.96. The Morgan fingerprint density at radius 1 is 0.338 bits per heavy atom. The summed E-state index contributed by atoms with van der Waals surface area (Å²) in [6.07, 6.45) is -9.63. The number of fused-ring (bicyclic) bond motifs is 2. The summed E-state index contributed by atoms with van der Waals surface area (Å²) in [5, 5.41) is 4.00. The Balaban J connectivity index is 0.973. The van der Waals surface area contributed by atoms with E-state index in [4.69, 9.17) is 51.7 Å². The van der Waals surface area contributed by atoms with E-state index in [2.05, 4.69) is 72.8 Å². The molecule has 0 saturated carbocycles. The molecule has 4 saturated heterocycles. The Kier molecular flexibility index (Phi) is 17.1. The van der Waals surface area contributed by atoms with Crippen molar-refractivity contribution in [3.05, 3.63) is 265 Å². The van der Waals surface area contributed by atoms with Crippen LogP contribution >= 0.6 is 16.3 Å². The second-order valence-corrected chi connectivity index (χ2v) is 22.8. The van der Waals surface area contributed by atoms with Gasteiger partial charge in [-0.15, -0.1) is 0 Å². The van der Waals surface area contributed by atoms with Gasteiger partial charge in [0.15, 0.2) is 25.2 Å². The maximum atomic E-state index is 7.66. The third kappa shape index (κ3) is 12.4. The van der Waals surface area contributed by atoms with Gasteiger partial charge in [-0.3, -0.25) is 0 Å². The molecular weight excluding hydrogens is 1010 g/mol. The Morgan fingerprint density at radius 3 is 0.961 bits per heavy atom. The average Bonchev–Trinajstić information content (AvgIpc) is 3.53. The van der Waals surface area contributed by atoms with Crippen molar-refractivity contribution < 1.29 is 51.7 Å². The Hall–Kier alpha value is -5.82. The van der Waals surface area contributed by atoms with E-state index in [1.165, 1.54) is 0 Å². The average molecular weight is 1070 g/mol. The maximum Gasteiger partial charge on any atom is 0.190 e. The lowest BCUT2D eigenvalue weighted by Crippen LogP contribution is -2.67. The second kappa shape index (κ2) is 25.3. The minimum absolute atomic E-state index is 0.184. The van der Waals surface area contributed by atoms with Crippen molar-refractivity contribution in [1.29, 1.82) is 0 Å². The van der Waals surface area contributed by atoms with Crippen molar-refractivity contribution in [2.75, 3.05) is 13.2 Å². The highest BCUT2D eigenvalue weighted by Crippen LogP contribution is 2.48. The predicted molar refractivity (Wildman–Crippen MR) is 296 cm³/mol. The zero-order valence-electron chi connectivity index (χ0n) is 42.2. The van der Waals surface area contributed by atoms with Crippen LogP contribution in [-0.2, 0) is 64.9 Å². The summed E-state index contributed by atoms with van der Waals surface area (Å²) in [5.41, 5.74) is 3.74. The monoisotopic (exact) mass is 1070 g/mol. The fraction of sp³-hybridized carbons (Fsp3) is 0.250. The molecule has 392 valence electrons. The molecule has 4 aliphatic heterocycles. The van der Waals surface area contributed by atoms with E-state index < -0.39 is 90.3 Å². The fourth-order valence-electron chi connectivity index (χ4n) is 10.2. The van der Waals surface area contributed by atoms with Crippen LogP contribution < -0.4 is 21.2 Å². The van der Waals surface area contributed by atoms with Gasteiger partial charge in [-0.05, 0) is 11.1 Å². The first-order chi connectivity index (χ1) is 38.2. The van der Waals surface area contributed by atoms with Crippen molar-refractivity contribution >= 4 is 37.5 Å². The third-order valence-electron chi connectivity index (χ3n) is 14.0. The van der Waals surface area contributed by atoms with Gasteiger partial charge in [0.05, 0.1) is 42.7 Å². The molecule has 8 aromatic rings. The first-order valence-corrected chi connectivity index (χ1v) is 28.8. The molecule has 12 atom stereocenters. The van der Waals surface area contributed by atoms with Crippen LogP contribution in [0.2, 0.25) is 0 Å². The molecule has 0 amide bonds. The number of hydrogen-bond donors (Lipinski definition) is 0. The van der Waals surface area contributed by atoms with E-state index in [0.717, 1.165) is 43.5 Å². The van der Waals surface area contributed by atoms with Crippen LogP contribution in [0, 0.1) is 0 Å². The van der Waals surface area contributed by atoms with Crippen LogP contribution in [-0.4, -0.2) is 74.6 Å². The number of benzene rings is 8. The number of ether oxygens (including phenoxy) is 9. The smallest absolute Gasteiger partial charge is 0.190 e. The van der Waals surface area contributed by atoms with Crippen molar-refractivity contribution in [2.24, 2.45) is 0 Å². The van der Waals surface area contributed by atoms with Crippen molar-refractivity contribution in [1.82, 2.24) is 0 Å². The van der Waals surface area contributed by atoms with Gasteiger partial charge >= 0.3 is 0 Å². The Bertz CT molecular complexity index is 2730. The van der Waals surface area contributed by atoms with E-state index in [0.29, 0.717) is 0 Å². The van der Waals surface area contributed by atoms with Gasteiger partial charge in [-0.25, -0.2) is 0 Å². The molecule has 0 aliphatic carbocycles. The van der Waals surface area contributed by atoms with Gasteiger partial charge in [0.1, 0.15) is 48.8 Å². The molecule has 13 heteroatoms. The molecule has 4 aliphatic rings. The largest absolute Gasteiger partial charge is 0.368 e. The van der Waals surface area contributed by atoms with E-state index in [9.17, 15) is 0 Å². The summed E-state index contributed by atoms with van der Waals surface area (Å²) < 4.78 is 78.8.